The fourth-order valence-electron chi connectivity index (χ4n) is 3.92. The number of benzene rings is 1. The SMILES string of the molecule is CC.CC(C)(C)O.CCCC.Cc1ccc(F)c(-n2cc(C)c3nc(N(C)C4CCN(O)CC4)ccc32)c1F.[HH]. The number of aromatic nitrogens is 2. The summed E-state index contributed by atoms with van der Waals surface area (Å²) in [4.78, 5) is 6.90. The minimum atomic E-state index is -0.600. The summed E-state index contributed by atoms with van der Waals surface area (Å²) in [6.45, 7) is 18.4. The van der Waals surface area contributed by atoms with E-state index in [0.717, 1.165) is 29.7 Å². The van der Waals surface area contributed by atoms with Crippen molar-refractivity contribution < 1.29 is 20.5 Å². The van der Waals surface area contributed by atoms with Crippen molar-refractivity contribution in [1.82, 2.24) is 14.6 Å². The summed E-state index contributed by atoms with van der Waals surface area (Å²) in [5, 5.41) is 19.4. The fourth-order valence-corrected chi connectivity index (χ4v) is 3.92. The lowest BCUT2D eigenvalue weighted by Gasteiger charge is -2.34. The lowest BCUT2D eigenvalue weighted by Crippen LogP contribution is -2.42. The van der Waals surface area contributed by atoms with Crippen LogP contribution in [-0.2, 0) is 0 Å². The molecule has 39 heavy (non-hydrogen) atoms. The first-order valence-electron chi connectivity index (χ1n) is 14.1. The van der Waals surface area contributed by atoms with Crippen LogP contribution >= 0.6 is 0 Å². The number of aliphatic hydroxyl groups is 1. The van der Waals surface area contributed by atoms with Crippen LogP contribution in [0.3, 0.4) is 0 Å². The molecule has 222 valence electrons. The van der Waals surface area contributed by atoms with E-state index in [1.807, 2.05) is 40.0 Å². The largest absolute Gasteiger partial charge is 0.391 e. The Labute approximate surface area is 235 Å². The quantitative estimate of drug-likeness (QED) is 0.344. The van der Waals surface area contributed by atoms with Crippen LogP contribution in [0.1, 0.15) is 86.7 Å². The molecule has 0 unspecified atom stereocenters. The van der Waals surface area contributed by atoms with E-state index in [0.29, 0.717) is 30.2 Å². The van der Waals surface area contributed by atoms with Gasteiger partial charge in [-0.05, 0) is 76.8 Å². The molecule has 1 saturated heterocycles. The molecule has 0 saturated carbocycles. The molecule has 1 fully saturated rings. The normalized spacial score (nSPS) is 14.0. The summed E-state index contributed by atoms with van der Waals surface area (Å²) < 4.78 is 30.6. The van der Waals surface area contributed by atoms with Gasteiger partial charge in [-0.3, -0.25) is 0 Å². The van der Waals surface area contributed by atoms with Gasteiger partial charge in [-0.2, -0.15) is 5.06 Å². The Bertz CT molecular complexity index is 1150. The first kappa shape index (κ1) is 34.5. The van der Waals surface area contributed by atoms with Crippen LogP contribution in [-0.4, -0.2) is 56.7 Å². The highest BCUT2D eigenvalue weighted by Crippen LogP contribution is 2.30. The maximum absolute atomic E-state index is 14.7. The number of rotatable bonds is 4. The third-order valence-electron chi connectivity index (χ3n) is 6.17. The van der Waals surface area contributed by atoms with Crippen LogP contribution in [0.5, 0.6) is 0 Å². The Balaban J connectivity index is 0.00000109. The molecular formula is C31H52F2N4O2. The lowest BCUT2D eigenvalue weighted by atomic mass is 10.1. The number of anilines is 1. The van der Waals surface area contributed by atoms with Crippen LogP contribution < -0.4 is 4.90 Å². The molecule has 0 atom stereocenters. The fraction of sp³-hybridized carbons (Fsp3) is 0.581. The van der Waals surface area contributed by atoms with Gasteiger partial charge in [-0.1, -0.05) is 46.6 Å². The Morgan fingerprint density at radius 3 is 2.05 bits per heavy atom. The Morgan fingerprint density at radius 2 is 1.54 bits per heavy atom. The van der Waals surface area contributed by atoms with Gasteiger partial charge in [0.25, 0.3) is 0 Å². The van der Waals surface area contributed by atoms with Gasteiger partial charge in [-0.25, -0.2) is 13.8 Å². The highest BCUT2D eigenvalue weighted by atomic mass is 19.1. The van der Waals surface area contributed by atoms with Crippen molar-refractivity contribution >= 4 is 16.9 Å². The van der Waals surface area contributed by atoms with E-state index in [9.17, 15) is 14.0 Å². The molecule has 3 aromatic rings. The van der Waals surface area contributed by atoms with Gasteiger partial charge in [0.15, 0.2) is 5.82 Å². The molecular weight excluding hydrogens is 498 g/mol. The van der Waals surface area contributed by atoms with Crippen LogP contribution in [0.25, 0.3) is 16.7 Å². The molecule has 1 aliphatic heterocycles. The number of aryl methyl sites for hydroxylation is 2. The second kappa shape index (κ2) is 15.9. The van der Waals surface area contributed by atoms with Crippen molar-refractivity contribution in [3.63, 3.8) is 0 Å². The van der Waals surface area contributed by atoms with Gasteiger partial charge < -0.3 is 19.8 Å². The topological polar surface area (TPSA) is 64.8 Å². The molecule has 0 amide bonds. The zero-order valence-electron chi connectivity index (χ0n) is 25.6. The number of nitrogens with zero attached hydrogens (tertiary/aromatic N) is 4. The van der Waals surface area contributed by atoms with Crippen LogP contribution in [0, 0.1) is 25.5 Å². The van der Waals surface area contributed by atoms with Crippen molar-refractivity contribution in [2.45, 2.75) is 99.6 Å². The molecule has 2 aromatic heterocycles. The second-order valence-corrected chi connectivity index (χ2v) is 10.7. The molecule has 2 N–H and O–H groups in total. The smallest absolute Gasteiger partial charge is 0.153 e. The first-order valence-corrected chi connectivity index (χ1v) is 14.1. The summed E-state index contributed by atoms with van der Waals surface area (Å²) in [6.07, 6.45) is 6.07. The van der Waals surface area contributed by atoms with E-state index in [1.54, 1.807) is 38.5 Å². The third-order valence-corrected chi connectivity index (χ3v) is 6.17. The molecule has 4 rings (SSSR count). The average molecular weight is 551 g/mol. The Hall–Kier alpha value is -2.55. The first-order chi connectivity index (χ1) is 18.3. The van der Waals surface area contributed by atoms with Crippen LogP contribution in [0.15, 0.2) is 30.5 Å². The lowest BCUT2D eigenvalue weighted by molar-refractivity contribution is -0.106. The van der Waals surface area contributed by atoms with E-state index in [2.05, 4.69) is 18.7 Å². The molecule has 0 spiro atoms. The third kappa shape index (κ3) is 10.2. The second-order valence-electron chi connectivity index (χ2n) is 10.7. The summed E-state index contributed by atoms with van der Waals surface area (Å²) in [5.41, 5.74) is 2.08. The summed E-state index contributed by atoms with van der Waals surface area (Å²) in [6, 6.07) is 6.77. The van der Waals surface area contributed by atoms with E-state index >= 15 is 0 Å². The zero-order valence-corrected chi connectivity index (χ0v) is 25.6. The summed E-state index contributed by atoms with van der Waals surface area (Å²) >= 11 is 0. The number of hydrogen-bond acceptors (Lipinski definition) is 5. The number of hydroxylamine groups is 2. The van der Waals surface area contributed by atoms with Crippen LogP contribution in [0.2, 0.25) is 0 Å². The number of unbranched alkanes of at least 4 members (excludes halogenated alkanes) is 1. The molecule has 8 heteroatoms. The molecule has 6 nitrogen and oxygen atoms in total. The average Bonchev–Trinajstić information content (AvgIpc) is 3.22. The van der Waals surface area contributed by atoms with Crippen molar-refractivity contribution in [2.24, 2.45) is 0 Å². The van der Waals surface area contributed by atoms with E-state index in [-0.39, 0.29) is 7.11 Å². The zero-order chi connectivity index (χ0) is 29.9. The minimum Gasteiger partial charge on any atom is -0.391 e. The van der Waals surface area contributed by atoms with Gasteiger partial charge in [0.05, 0.1) is 16.6 Å². The Kier molecular flexibility index (Phi) is 14.1. The summed E-state index contributed by atoms with van der Waals surface area (Å²) in [7, 11) is 2.00. The number of halogens is 2. The standard InChI is InChI=1S/C21H24F2N4O.C4H10O.C4H10.C2H6.H2/c1-13-4-5-16(22)21(19(13)23)27-12-14(2)20-17(27)6-7-18(24-20)25(3)15-8-10-26(28)11-9-15;1-4(2,3)5;1-3-4-2;1-2;/h4-7,12,15,28H,8-11H2,1-3H3;5H,1-3H3;3-4H2,1-2H3;1-2H3;1H. The van der Waals surface area contributed by atoms with Gasteiger partial charge in [0.2, 0.25) is 0 Å². The predicted molar refractivity (Wildman–Crippen MR) is 161 cm³/mol. The number of piperidine rings is 1. The van der Waals surface area contributed by atoms with Crippen molar-refractivity contribution in [3.05, 3.63) is 53.2 Å². The molecule has 1 aliphatic rings. The van der Waals surface area contributed by atoms with Crippen molar-refractivity contribution in [3.8, 4) is 5.69 Å². The van der Waals surface area contributed by atoms with Gasteiger partial charge >= 0.3 is 0 Å². The number of pyridine rings is 1. The van der Waals surface area contributed by atoms with Gasteiger partial charge in [-0.15, -0.1) is 0 Å². The van der Waals surface area contributed by atoms with Crippen molar-refractivity contribution in [2.75, 3.05) is 25.0 Å². The predicted octanol–water partition coefficient (Wildman–Crippen LogP) is 8.07. The highest BCUT2D eigenvalue weighted by molar-refractivity contribution is 5.83. The van der Waals surface area contributed by atoms with Crippen LogP contribution in [0.4, 0.5) is 14.6 Å². The van der Waals surface area contributed by atoms with Gasteiger partial charge in [0.1, 0.15) is 17.3 Å². The monoisotopic (exact) mass is 550 g/mol. The molecule has 3 heterocycles. The maximum Gasteiger partial charge on any atom is 0.153 e. The number of fused-ring (bicyclic) bond motifs is 1. The van der Waals surface area contributed by atoms with E-state index in [4.69, 9.17) is 10.1 Å². The van der Waals surface area contributed by atoms with Gasteiger partial charge in [0, 0.05) is 33.8 Å². The van der Waals surface area contributed by atoms with E-state index < -0.39 is 17.2 Å². The molecule has 0 aliphatic carbocycles. The molecule has 0 radical (unpaired) electrons. The summed E-state index contributed by atoms with van der Waals surface area (Å²) in [5.74, 6) is -0.347. The highest BCUT2D eigenvalue weighted by Gasteiger charge is 2.23. The minimum absolute atomic E-state index is 0. The Morgan fingerprint density at radius 1 is 1.00 bits per heavy atom. The van der Waals surface area contributed by atoms with E-state index in [1.165, 1.54) is 30.0 Å². The molecule has 0 bridgehead atoms. The maximum atomic E-state index is 14.7. The van der Waals surface area contributed by atoms with Crippen molar-refractivity contribution in [1.29, 1.82) is 0 Å². The molecule has 1 aromatic carbocycles. The number of hydrogen-bond donors (Lipinski definition) is 2.